The third-order valence-electron chi connectivity index (χ3n) is 2.87. The van der Waals surface area contributed by atoms with Crippen molar-refractivity contribution < 1.29 is 14.2 Å². The van der Waals surface area contributed by atoms with Gasteiger partial charge in [-0.05, 0) is 28.4 Å². The van der Waals surface area contributed by atoms with E-state index in [1.54, 1.807) is 14.2 Å². The Morgan fingerprint density at radius 2 is 1.75 bits per heavy atom. The second-order valence-corrected chi connectivity index (χ2v) is 4.92. The monoisotopic (exact) mass is 337 g/mol. The zero-order chi connectivity index (χ0) is 14.5. The van der Waals surface area contributed by atoms with Crippen LogP contribution in [-0.4, -0.2) is 19.2 Å². The molecule has 0 fully saturated rings. The van der Waals surface area contributed by atoms with Crippen LogP contribution in [0.2, 0.25) is 0 Å². The fraction of sp³-hybridized carbons (Fsp3) is 0.267. The Labute approximate surface area is 126 Å². The van der Waals surface area contributed by atoms with Gasteiger partial charge in [0.25, 0.3) is 5.88 Å². The second-order valence-electron chi connectivity index (χ2n) is 4.17. The topological polar surface area (TPSA) is 40.6 Å². The molecule has 2 rings (SSSR count). The molecule has 1 heterocycles. The molecule has 4 nitrogen and oxygen atoms in total. The van der Waals surface area contributed by atoms with Gasteiger partial charge in [-0.15, -0.1) is 0 Å². The molecule has 2 aromatic rings. The van der Waals surface area contributed by atoms with Gasteiger partial charge in [0.1, 0.15) is 11.2 Å². The average molecular weight is 338 g/mol. The van der Waals surface area contributed by atoms with Crippen molar-refractivity contribution in [3.63, 3.8) is 0 Å². The fourth-order valence-electron chi connectivity index (χ4n) is 1.81. The minimum atomic E-state index is 0.396. The predicted octanol–water partition coefficient (Wildman–Crippen LogP) is 3.75. The highest BCUT2D eigenvalue weighted by Gasteiger charge is 2.19. The summed E-state index contributed by atoms with van der Waals surface area (Å²) in [5.41, 5.74) is 1.96. The molecule has 0 aliphatic carbocycles. The van der Waals surface area contributed by atoms with Crippen molar-refractivity contribution in [2.75, 3.05) is 14.2 Å². The zero-order valence-corrected chi connectivity index (χ0v) is 13.2. The van der Waals surface area contributed by atoms with Crippen molar-refractivity contribution in [3.8, 4) is 17.4 Å². The van der Waals surface area contributed by atoms with E-state index in [0.717, 1.165) is 11.1 Å². The van der Waals surface area contributed by atoms with Crippen molar-refractivity contribution in [1.29, 1.82) is 0 Å². The first-order valence-electron chi connectivity index (χ1n) is 6.12. The standard InChI is InChI=1S/C15H16BrNO3/c1-10-12(20-9-11-7-5-4-6-8-11)13(18-2)15(19-3)17-14(10)16/h4-8H,9H2,1-3H3. The number of pyridine rings is 1. The van der Waals surface area contributed by atoms with Crippen LogP contribution in [0.1, 0.15) is 11.1 Å². The number of ether oxygens (including phenoxy) is 3. The molecule has 0 atom stereocenters. The van der Waals surface area contributed by atoms with Crippen LogP contribution in [0, 0.1) is 6.92 Å². The number of hydrogen-bond acceptors (Lipinski definition) is 4. The maximum absolute atomic E-state index is 5.89. The van der Waals surface area contributed by atoms with E-state index < -0.39 is 0 Å². The first kappa shape index (κ1) is 14.7. The Bertz CT molecular complexity index is 587. The number of hydrogen-bond donors (Lipinski definition) is 0. The van der Waals surface area contributed by atoms with Gasteiger partial charge in [0.05, 0.1) is 14.2 Å². The molecule has 0 amide bonds. The molecule has 5 heteroatoms. The van der Waals surface area contributed by atoms with E-state index in [0.29, 0.717) is 28.6 Å². The van der Waals surface area contributed by atoms with Crippen molar-refractivity contribution in [2.45, 2.75) is 13.5 Å². The Morgan fingerprint density at radius 3 is 2.35 bits per heavy atom. The van der Waals surface area contributed by atoms with E-state index in [9.17, 15) is 0 Å². The molecule has 0 saturated heterocycles. The number of halogens is 1. The van der Waals surface area contributed by atoms with E-state index in [2.05, 4.69) is 20.9 Å². The van der Waals surface area contributed by atoms with E-state index in [1.807, 2.05) is 37.3 Å². The van der Waals surface area contributed by atoms with Crippen LogP contribution in [0.3, 0.4) is 0 Å². The van der Waals surface area contributed by atoms with Crippen LogP contribution >= 0.6 is 15.9 Å². The molecule has 0 saturated carbocycles. The van der Waals surface area contributed by atoms with Gasteiger partial charge < -0.3 is 14.2 Å². The lowest BCUT2D eigenvalue weighted by Crippen LogP contribution is -2.03. The molecule has 0 radical (unpaired) electrons. The van der Waals surface area contributed by atoms with Crippen LogP contribution in [-0.2, 0) is 6.61 Å². The fourth-order valence-corrected chi connectivity index (χ4v) is 2.15. The Morgan fingerprint density at radius 1 is 1.05 bits per heavy atom. The van der Waals surface area contributed by atoms with Gasteiger partial charge in [-0.3, -0.25) is 0 Å². The van der Waals surface area contributed by atoms with Crippen LogP contribution in [0.4, 0.5) is 0 Å². The Hall–Kier alpha value is -1.75. The van der Waals surface area contributed by atoms with E-state index >= 15 is 0 Å². The van der Waals surface area contributed by atoms with Crippen molar-refractivity contribution >= 4 is 15.9 Å². The lowest BCUT2D eigenvalue weighted by molar-refractivity contribution is 0.269. The van der Waals surface area contributed by atoms with Crippen LogP contribution in [0.15, 0.2) is 34.9 Å². The average Bonchev–Trinajstić information content (AvgIpc) is 2.49. The summed E-state index contributed by atoms with van der Waals surface area (Å²) in [4.78, 5) is 4.27. The third kappa shape index (κ3) is 3.04. The summed E-state index contributed by atoms with van der Waals surface area (Å²) in [5.74, 6) is 1.53. The summed E-state index contributed by atoms with van der Waals surface area (Å²) in [6, 6.07) is 9.95. The number of methoxy groups -OCH3 is 2. The van der Waals surface area contributed by atoms with Gasteiger partial charge in [-0.1, -0.05) is 30.3 Å². The smallest absolute Gasteiger partial charge is 0.261 e. The van der Waals surface area contributed by atoms with Gasteiger partial charge >= 0.3 is 0 Å². The molecule has 106 valence electrons. The zero-order valence-electron chi connectivity index (χ0n) is 11.6. The van der Waals surface area contributed by atoms with Gasteiger partial charge in [-0.25, -0.2) is 4.98 Å². The highest BCUT2D eigenvalue weighted by Crippen LogP contribution is 2.41. The molecule has 0 aliphatic heterocycles. The minimum Gasteiger partial charge on any atom is -0.489 e. The van der Waals surface area contributed by atoms with Crippen molar-refractivity contribution in [3.05, 3.63) is 46.1 Å². The molecule has 0 aliphatic rings. The largest absolute Gasteiger partial charge is 0.489 e. The Balaban J connectivity index is 2.32. The van der Waals surface area contributed by atoms with Gasteiger partial charge in [0.2, 0.25) is 5.75 Å². The maximum atomic E-state index is 5.89. The quantitative estimate of drug-likeness (QED) is 0.779. The van der Waals surface area contributed by atoms with E-state index in [1.165, 1.54) is 0 Å². The molecular weight excluding hydrogens is 322 g/mol. The van der Waals surface area contributed by atoms with Gasteiger partial charge in [0.15, 0.2) is 5.75 Å². The third-order valence-corrected chi connectivity index (χ3v) is 3.65. The summed E-state index contributed by atoms with van der Waals surface area (Å²) in [6.07, 6.45) is 0. The van der Waals surface area contributed by atoms with Crippen LogP contribution in [0.25, 0.3) is 0 Å². The highest BCUT2D eigenvalue weighted by molar-refractivity contribution is 9.10. The molecule has 0 N–H and O–H groups in total. The first-order valence-corrected chi connectivity index (χ1v) is 6.91. The summed E-state index contributed by atoms with van der Waals surface area (Å²) in [6.45, 7) is 2.37. The van der Waals surface area contributed by atoms with Crippen LogP contribution in [0.5, 0.6) is 17.4 Å². The molecule has 1 aromatic heterocycles. The molecular formula is C15H16BrNO3. The normalized spacial score (nSPS) is 10.2. The highest BCUT2D eigenvalue weighted by atomic mass is 79.9. The molecule has 0 unspecified atom stereocenters. The number of nitrogens with zero attached hydrogens (tertiary/aromatic N) is 1. The lowest BCUT2D eigenvalue weighted by atomic mass is 10.2. The minimum absolute atomic E-state index is 0.396. The number of aromatic nitrogens is 1. The van der Waals surface area contributed by atoms with E-state index in [-0.39, 0.29) is 0 Å². The van der Waals surface area contributed by atoms with Crippen molar-refractivity contribution in [2.24, 2.45) is 0 Å². The SMILES string of the molecule is COc1nc(Br)c(C)c(OCc2ccccc2)c1OC. The number of rotatable bonds is 5. The Kier molecular flexibility index (Phi) is 4.84. The summed E-state index contributed by atoms with van der Waals surface area (Å²) >= 11 is 3.40. The lowest BCUT2D eigenvalue weighted by Gasteiger charge is -2.16. The van der Waals surface area contributed by atoms with Gasteiger partial charge in [-0.2, -0.15) is 0 Å². The second kappa shape index (κ2) is 6.61. The molecule has 20 heavy (non-hydrogen) atoms. The first-order chi connectivity index (χ1) is 9.67. The molecule has 0 spiro atoms. The van der Waals surface area contributed by atoms with Crippen LogP contribution < -0.4 is 14.2 Å². The summed E-state index contributed by atoms with van der Waals surface area (Å²) in [5, 5.41) is 0. The maximum Gasteiger partial charge on any atom is 0.261 e. The van der Waals surface area contributed by atoms with E-state index in [4.69, 9.17) is 14.2 Å². The summed E-state index contributed by atoms with van der Waals surface area (Å²) < 4.78 is 17.1. The van der Waals surface area contributed by atoms with Crippen molar-refractivity contribution in [1.82, 2.24) is 4.98 Å². The van der Waals surface area contributed by atoms with Gasteiger partial charge in [0, 0.05) is 5.56 Å². The summed E-state index contributed by atoms with van der Waals surface area (Å²) in [7, 11) is 3.12. The number of benzene rings is 1. The molecule has 1 aromatic carbocycles. The molecule has 0 bridgehead atoms. The predicted molar refractivity (Wildman–Crippen MR) is 80.6 cm³/mol.